The van der Waals surface area contributed by atoms with Crippen molar-refractivity contribution in [3.63, 3.8) is 0 Å². The molecule has 2 aliphatic carbocycles. The molecule has 2 aromatic rings. The van der Waals surface area contributed by atoms with Gasteiger partial charge >= 0.3 is 6.03 Å². The molecule has 8 heteroatoms. The fraction of sp³-hybridized carbons (Fsp3) is 0.471. The second-order valence-electron chi connectivity index (χ2n) is 7.08. The summed E-state index contributed by atoms with van der Waals surface area (Å²) in [6, 6.07) is 7.31. The molecular weight excluding hydrogens is 320 g/mol. The van der Waals surface area contributed by atoms with Crippen LogP contribution >= 0.6 is 0 Å². The Morgan fingerprint density at radius 3 is 2.88 bits per heavy atom. The lowest BCUT2D eigenvalue weighted by molar-refractivity contribution is -0.135. The third-order valence-electron chi connectivity index (χ3n) is 5.37. The van der Waals surface area contributed by atoms with Gasteiger partial charge in [0.1, 0.15) is 0 Å². The van der Waals surface area contributed by atoms with Crippen LogP contribution in [0.4, 0.5) is 4.79 Å². The number of tetrazole rings is 1. The number of nitrogens with zero attached hydrogens (tertiary/aromatic N) is 5. The summed E-state index contributed by atoms with van der Waals surface area (Å²) in [5.74, 6) is 0.778. The Morgan fingerprint density at radius 1 is 1.20 bits per heavy atom. The number of carbonyl (C=O) groups is 2. The van der Waals surface area contributed by atoms with Crippen molar-refractivity contribution in [1.29, 1.82) is 0 Å². The number of urea groups is 1. The highest BCUT2D eigenvalue weighted by Gasteiger charge is 2.46. The van der Waals surface area contributed by atoms with E-state index in [-0.39, 0.29) is 30.4 Å². The van der Waals surface area contributed by atoms with Gasteiger partial charge in [-0.1, -0.05) is 24.3 Å². The standard InChI is InChI=1S/C17H18N6O2/c24-16-13-7-11-3-1-2-4-12(11)15(13)18-17(25)22(16)9-14-19-20-21-23(14)8-10-5-6-10/h1-4,10,13,15H,5-9H2,(H,18,25)/t13-,15+/m1/s1. The molecule has 128 valence electrons. The Balaban J connectivity index is 1.38. The molecule has 2 atom stereocenters. The fourth-order valence-corrected chi connectivity index (χ4v) is 3.83. The summed E-state index contributed by atoms with van der Waals surface area (Å²) in [5, 5.41) is 14.7. The van der Waals surface area contributed by atoms with Gasteiger partial charge in [-0.15, -0.1) is 5.10 Å². The van der Waals surface area contributed by atoms with Crippen molar-refractivity contribution in [3.8, 4) is 0 Å². The average molecular weight is 338 g/mol. The van der Waals surface area contributed by atoms with Crippen LogP contribution in [0.15, 0.2) is 24.3 Å². The molecule has 3 amide bonds. The molecule has 1 aromatic carbocycles. The van der Waals surface area contributed by atoms with E-state index in [1.807, 2.05) is 24.3 Å². The Morgan fingerprint density at radius 2 is 2.04 bits per heavy atom. The number of benzene rings is 1. The Bertz CT molecular complexity index is 858. The second kappa shape index (κ2) is 5.37. The van der Waals surface area contributed by atoms with Crippen molar-refractivity contribution in [3.05, 3.63) is 41.2 Å². The van der Waals surface area contributed by atoms with Crippen LogP contribution in [0.2, 0.25) is 0 Å². The fourth-order valence-electron chi connectivity index (χ4n) is 3.83. The highest BCUT2D eigenvalue weighted by molar-refractivity contribution is 5.99. The Labute approximate surface area is 144 Å². The van der Waals surface area contributed by atoms with Gasteiger partial charge in [0.25, 0.3) is 0 Å². The lowest BCUT2D eigenvalue weighted by atomic mass is 9.97. The predicted octanol–water partition coefficient (Wildman–Crippen LogP) is 1.05. The summed E-state index contributed by atoms with van der Waals surface area (Å²) in [6.07, 6.45) is 3.03. The summed E-state index contributed by atoms with van der Waals surface area (Å²) < 4.78 is 1.72. The van der Waals surface area contributed by atoms with Gasteiger partial charge in [0.15, 0.2) is 5.82 Å². The molecule has 1 saturated heterocycles. The molecule has 1 aliphatic heterocycles. The van der Waals surface area contributed by atoms with Crippen molar-refractivity contribution in [2.24, 2.45) is 11.8 Å². The van der Waals surface area contributed by atoms with Crippen LogP contribution < -0.4 is 5.32 Å². The first-order valence-electron chi connectivity index (χ1n) is 8.65. The molecular formula is C17H18N6O2. The topological polar surface area (TPSA) is 93.0 Å². The van der Waals surface area contributed by atoms with Gasteiger partial charge in [-0.3, -0.25) is 9.69 Å². The van der Waals surface area contributed by atoms with E-state index in [1.54, 1.807) is 4.68 Å². The Hall–Kier alpha value is -2.77. The van der Waals surface area contributed by atoms with Gasteiger partial charge in [-0.2, -0.15) is 0 Å². The van der Waals surface area contributed by atoms with E-state index in [0.717, 1.165) is 17.7 Å². The van der Waals surface area contributed by atoms with Crippen LogP contribution in [-0.2, 0) is 24.3 Å². The van der Waals surface area contributed by atoms with Crippen molar-refractivity contribution >= 4 is 11.9 Å². The lowest BCUT2D eigenvalue weighted by Gasteiger charge is -2.33. The van der Waals surface area contributed by atoms with E-state index < -0.39 is 0 Å². The largest absolute Gasteiger partial charge is 0.330 e. The number of rotatable bonds is 4. The average Bonchev–Trinajstić information content (AvgIpc) is 3.20. The summed E-state index contributed by atoms with van der Waals surface area (Å²) in [7, 11) is 0. The van der Waals surface area contributed by atoms with E-state index in [0.29, 0.717) is 18.2 Å². The number of imide groups is 1. The first kappa shape index (κ1) is 14.6. The monoisotopic (exact) mass is 338 g/mol. The predicted molar refractivity (Wildman–Crippen MR) is 86.0 cm³/mol. The first-order chi connectivity index (χ1) is 12.2. The number of carbonyl (C=O) groups excluding carboxylic acids is 2. The molecule has 1 aromatic heterocycles. The summed E-state index contributed by atoms with van der Waals surface area (Å²) in [6.45, 7) is 0.868. The van der Waals surface area contributed by atoms with E-state index >= 15 is 0 Å². The third-order valence-corrected chi connectivity index (χ3v) is 5.37. The van der Waals surface area contributed by atoms with Crippen molar-refractivity contribution in [1.82, 2.24) is 30.4 Å². The third kappa shape index (κ3) is 2.40. The van der Waals surface area contributed by atoms with Crippen molar-refractivity contribution < 1.29 is 9.59 Å². The van der Waals surface area contributed by atoms with Gasteiger partial charge in [-0.25, -0.2) is 9.48 Å². The maximum absolute atomic E-state index is 12.9. The minimum absolute atomic E-state index is 0.115. The highest BCUT2D eigenvalue weighted by atomic mass is 16.2. The van der Waals surface area contributed by atoms with Crippen LogP contribution in [0.1, 0.15) is 35.8 Å². The van der Waals surface area contributed by atoms with E-state index in [1.165, 1.54) is 17.7 Å². The molecule has 0 unspecified atom stereocenters. The van der Waals surface area contributed by atoms with Gasteiger partial charge in [-0.05, 0) is 46.7 Å². The molecule has 1 saturated carbocycles. The van der Waals surface area contributed by atoms with Gasteiger partial charge in [0, 0.05) is 6.54 Å². The molecule has 2 fully saturated rings. The summed E-state index contributed by atoms with van der Waals surface area (Å²) in [4.78, 5) is 26.7. The maximum atomic E-state index is 12.9. The highest BCUT2D eigenvalue weighted by Crippen LogP contribution is 2.39. The molecule has 1 N–H and O–H groups in total. The molecule has 0 radical (unpaired) electrons. The lowest BCUT2D eigenvalue weighted by Crippen LogP contribution is -2.55. The normalized spacial score (nSPS) is 24.9. The molecule has 2 heterocycles. The first-order valence-corrected chi connectivity index (χ1v) is 8.65. The van der Waals surface area contributed by atoms with Crippen molar-refractivity contribution in [2.75, 3.05) is 0 Å². The van der Waals surface area contributed by atoms with E-state index in [9.17, 15) is 9.59 Å². The number of hydrogen-bond donors (Lipinski definition) is 1. The quantitative estimate of drug-likeness (QED) is 0.899. The second-order valence-corrected chi connectivity index (χ2v) is 7.08. The number of amides is 3. The van der Waals surface area contributed by atoms with E-state index in [4.69, 9.17) is 0 Å². The number of nitrogens with one attached hydrogen (secondary N) is 1. The zero-order chi connectivity index (χ0) is 17.0. The minimum Gasteiger partial charge on any atom is -0.330 e. The maximum Gasteiger partial charge on any atom is 0.325 e. The van der Waals surface area contributed by atoms with Gasteiger partial charge in [0.2, 0.25) is 5.91 Å². The number of fused-ring (bicyclic) bond motifs is 3. The Kier molecular flexibility index (Phi) is 3.13. The SMILES string of the molecule is O=C1N[C@H]2c3ccccc3C[C@H]2C(=O)N1Cc1nnnn1CC1CC1. The molecule has 0 spiro atoms. The van der Waals surface area contributed by atoms with Gasteiger partial charge in [0.05, 0.1) is 18.5 Å². The summed E-state index contributed by atoms with van der Waals surface area (Å²) >= 11 is 0. The molecule has 5 rings (SSSR count). The van der Waals surface area contributed by atoms with Crippen LogP contribution in [0.3, 0.4) is 0 Å². The zero-order valence-corrected chi connectivity index (χ0v) is 13.6. The van der Waals surface area contributed by atoms with Gasteiger partial charge < -0.3 is 5.32 Å². The number of hydrogen-bond acceptors (Lipinski definition) is 5. The summed E-state index contributed by atoms with van der Waals surface area (Å²) in [5.41, 5.74) is 2.18. The molecule has 25 heavy (non-hydrogen) atoms. The van der Waals surface area contributed by atoms with Crippen LogP contribution in [0.25, 0.3) is 0 Å². The smallest absolute Gasteiger partial charge is 0.325 e. The molecule has 0 bridgehead atoms. The van der Waals surface area contributed by atoms with Crippen LogP contribution in [0.5, 0.6) is 0 Å². The van der Waals surface area contributed by atoms with Crippen LogP contribution in [0, 0.1) is 11.8 Å². The molecule has 8 nitrogen and oxygen atoms in total. The van der Waals surface area contributed by atoms with E-state index in [2.05, 4.69) is 20.8 Å². The number of aromatic nitrogens is 4. The van der Waals surface area contributed by atoms with Crippen LogP contribution in [-0.4, -0.2) is 37.0 Å². The molecule has 3 aliphatic rings. The minimum atomic E-state index is -0.371. The zero-order valence-electron chi connectivity index (χ0n) is 13.6. The van der Waals surface area contributed by atoms with Crippen molar-refractivity contribution in [2.45, 2.75) is 38.4 Å².